The van der Waals surface area contributed by atoms with E-state index in [4.69, 9.17) is 14.9 Å². The van der Waals surface area contributed by atoms with E-state index in [1.165, 1.54) is 0 Å². The molecule has 0 unspecified atom stereocenters. The van der Waals surface area contributed by atoms with Crippen molar-refractivity contribution in [3.63, 3.8) is 0 Å². The third-order valence-corrected chi connectivity index (χ3v) is 2.95. The van der Waals surface area contributed by atoms with Gasteiger partial charge in [0.1, 0.15) is 18.3 Å². The molecule has 1 rings (SSSR count). The van der Waals surface area contributed by atoms with Gasteiger partial charge in [-0.2, -0.15) is 0 Å². The van der Waals surface area contributed by atoms with Crippen LogP contribution in [0.1, 0.15) is 12.8 Å². The molecule has 0 aromatic heterocycles. The Morgan fingerprint density at radius 1 is 1.33 bits per heavy atom. The molecule has 1 aliphatic rings. The van der Waals surface area contributed by atoms with Crippen LogP contribution in [-0.4, -0.2) is 75.3 Å². The van der Waals surface area contributed by atoms with Gasteiger partial charge in [-0.1, -0.05) is 0 Å². The zero-order chi connectivity index (χ0) is 13.8. The smallest absolute Gasteiger partial charge is 0.303 e. The molecule has 8 nitrogen and oxygen atoms in total. The number of aliphatic hydroxyl groups excluding tert-OH is 4. The first-order chi connectivity index (χ1) is 8.46. The van der Waals surface area contributed by atoms with Gasteiger partial charge in [0.15, 0.2) is 5.72 Å². The van der Waals surface area contributed by atoms with Gasteiger partial charge in [0, 0.05) is 6.42 Å². The summed E-state index contributed by atoms with van der Waals surface area (Å²) in [5.41, 5.74) is -1.56. The molecule has 8 heteroatoms. The first-order valence-corrected chi connectivity index (χ1v) is 5.69. The second-order valence-electron chi connectivity index (χ2n) is 4.25. The molecule has 1 heterocycles. The molecule has 0 amide bonds. The summed E-state index contributed by atoms with van der Waals surface area (Å²) >= 11 is 0. The minimum Gasteiger partial charge on any atom is -0.481 e. The molecule has 1 fully saturated rings. The summed E-state index contributed by atoms with van der Waals surface area (Å²) in [6.07, 6.45) is -3.47. The summed E-state index contributed by atoms with van der Waals surface area (Å²) in [4.78, 5) is 10.3. The van der Waals surface area contributed by atoms with Crippen molar-refractivity contribution in [2.75, 3.05) is 19.8 Å². The first-order valence-electron chi connectivity index (χ1n) is 5.69. The van der Waals surface area contributed by atoms with Crippen molar-refractivity contribution >= 4 is 5.97 Å². The standard InChI is InChI=1S/C10H19NO7/c12-4-6-8(16)9(17)10(5-13,18-6)11-3-1-2-7(14)15/h6,8-9,11-13,16-17H,1-5H2,(H,14,15)/t6-,8-,9+,10-/m1/s1. The van der Waals surface area contributed by atoms with E-state index in [0.717, 1.165) is 0 Å². The summed E-state index contributed by atoms with van der Waals surface area (Å²) in [5, 5.41) is 48.8. The maximum atomic E-state index is 10.3. The highest BCUT2D eigenvalue weighted by molar-refractivity contribution is 5.66. The lowest BCUT2D eigenvalue weighted by atomic mass is 10.0. The number of nitrogens with one attached hydrogen (secondary N) is 1. The predicted molar refractivity (Wildman–Crippen MR) is 58.7 cm³/mol. The molecule has 1 aliphatic heterocycles. The summed E-state index contributed by atoms with van der Waals surface area (Å²) in [6, 6.07) is 0. The van der Waals surface area contributed by atoms with Gasteiger partial charge in [-0.3, -0.25) is 10.1 Å². The van der Waals surface area contributed by atoms with Crippen LogP contribution < -0.4 is 5.32 Å². The Morgan fingerprint density at radius 3 is 2.44 bits per heavy atom. The zero-order valence-corrected chi connectivity index (χ0v) is 9.82. The second-order valence-corrected chi connectivity index (χ2v) is 4.25. The van der Waals surface area contributed by atoms with Gasteiger partial charge >= 0.3 is 5.97 Å². The Balaban J connectivity index is 2.55. The van der Waals surface area contributed by atoms with Gasteiger partial charge in [0.2, 0.25) is 0 Å². The number of ether oxygens (including phenoxy) is 1. The molecule has 0 bridgehead atoms. The molecule has 0 saturated carbocycles. The van der Waals surface area contributed by atoms with Crippen molar-refractivity contribution in [3.8, 4) is 0 Å². The van der Waals surface area contributed by atoms with Crippen LogP contribution in [0.15, 0.2) is 0 Å². The molecule has 0 spiro atoms. The maximum Gasteiger partial charge on any atom is 0.303 e. The number of carboxylic acids is 1. The van der Waals surface area contributed by atoms with Crippen LogP contribution in [0.25, 0.3) is 0 Å². The summed E-state index contributed by atoms with van der Waals surface area (Å²) < 4.78 is 5.22. The lowest BCUT2D eigenvalue weighted by molar-refractivity contribution is -0.140. The molecule has 0 radical (unpaired) electrons. The Labute approximate surface area is 104 Å². The van der Waals surface area contributed by atoms with E-state index < -0.39 is 43.2 Å². The van der Waals surface area contributed by atoms with Crippen LogP contribution in [-0.2, 0) is 9.53 Å². The van der Waals surface area contributed by atoms with Gasteiger partial charge in [-0.15, -0.1) is 0 Å². The van der Waals surface area contributed by atoms with Crippen molar-refractivity contribution in [3.05, 3.63) is 0 Å². The summed E-state index contributed by atoms with van der Waals surface area (Å²) in [5.74, 6) is -0.948. The van der Waals surface area contributed by atoms with Crippen LogP contribution in [0.2, 0.25) is 0 Å². The molecule has 0 aromatic carbocycles. The first kappa shape index (κ1) is 15.3. The largest absolute Gasteiger partial charge is 0.481 e. The van der Waals surface area contributed by atoms with Crippen LogP contribution in [0.5, 0.6) is 0 Å². The molecule has 4 atom stereocenters. The number of aliphatic carboxylic acids is 1. The number of rotatable bonds is 7. The Kier molecular flexibility index (Phi) is 5.45. The van der Waals surface area contributed by atoms with Crippen molar-refractivity contribution in [2.24, 2.45) is 0 Å². The van der Waals surface area contributed by atoms with Gasteiger partial charge in [0.25, 0.3) is 0 Å². The van der Waals surface area contributed by atoms with Crippen molar-refractivity contribution in [2.45, 2.75) is 36.9 Å². The highest BCUT2D eigenvalue weighted by atomic mass is 16.6. The average Bonchev–Trinajstić information content (AvgIpc) is 2.59. The minimum absolute atomic E-state index is 0.0589. The van der Waals surface area contributed by atoms with Gasteiger partial charge in [-0.25, -0.2) is 0 Å². The molecule has 0 aromatic rings. The van der Waals surface area contributed by atoms with Crippen LogP contribution in [0, 0.1) is 0 Å². The molecular weight excluding hydrogens is 246 g/mol. The number of hydrogen-bond donors (Lipinski definition) is 6. The third kappa shape index (κ3) is 3.16. The minimum atomic E-state index is -1.56. The fourth-order valence-electron chi connectivity index (χ4n) is 1.91. The Bertz CT molecular complexity index is 287. The lowest BCUT2D eigenvalue weighted by Crippen LogP contribution is -2.57. The Hall–Kier alpha value is -0.770. The normalized spacial score (nSPS) is 35.9. The van der Waals surface area contributed by atoms with Crippen molar-refractivity contribution in [1.82, 2.24) is 5.32 Å². The highest BCUT2D eigenvalue weighted by Gasteiger charge is 2.53. The number of hydrogen-bond acceptors (Lipinski definition) is 7. The van der Waals surface area contributed by atoms with Gasteiger partial charge in [0.05, 0.1) is 13.2 Å². The molecule has 0 aliphatic carbocycles. The fourth-order valence-corrected chi connectivity index (χ4v) is 1.91. The quantitative estimate of drug-likeness (QED) is 0.272. The number of aliphatic hydroxyl groups is 4. The molecule has 1 saturated heterocycles. The van der Waals surface area contributed by atoms with E-state index in [0.29, 0.717) is 0 Å². The van der Waals surface area contributed by atoms with E-state index in [2.05, 4.69) is 5.32 Å². The SMILES string of the molecule is O=C(O)CCCN[C@]1(CO)O[C@H](CO)[C@@H](O)[C@@H]1O. The lowest BCUT2D eigenvalue weighted by Gasteiger charge is -2.31. The number of carboxylic acid groups (broad SMARTS) is 1. The second kappa shape index (κ2) is 6.41. The maximum absolute atomic E-state index is 10.3. The van der Waals surface area contributed by atoms with Crippen molar-refractivity contribution < 1.29 is 35.1 Å². The van der Waals surface area contributed by atoms with E-state index >= 15 is 0 Å². The van der Waals surface area contributed by atoms with Crippen LogP contribution >= 0.6 is 0 Å². The zero-order valence-electron chi connectivity index (χ0n) is 9.82. The van der Waals surface area contributed by atoms with E-state index in [-0.39, 0.29) is 19.4 Å². The monoisotopic (exact) mass is 265 g/mol. The van der Waals surface area contributed by atoms with Crippen LogP contribution in [0.4, 0.5) is 0 Å². The van der Waals surface area contributed by atoms with E-state index in [1.54, 1.807) is 0 Å². The van der Waals surface area contributed by atoms with Crippen molar-refractivity contribution in [1.29, 1.82) is 0 Å². The van der Waals surface area contributed by atoms with Gasteiger partial charge < -0.3 is 30.3 Å². The number of carbonyl (C=O) groups is 1. The van der Waals surface area contributed by atoms with Crippen LogP contribution in [0.3, 0.4) is 0 Å². The van der Waals surface area contributed by atoms with E-state index in [9.17, 15) is 20.1 Å². The summed E-state index contributed by atoms with van der Waals surface area (Å²) in [7, 11) is 0. The topological polar surface area (TPSA) is 139 Å². The fraction of sp³-hybridized carbons (Fsp3) is 0.900. The highest BCUT2D eigenvalue weighted by Crippen LogP contribution is 2.28. The molecule has 6 N–H and O–H groups in total. The molecule has 106 valence electrons. The average molecular weight is 265 g/mol. The molecular formula is C10H19NO7. The third-order valence-electron chi connectivity index (χ3n) is 2.95. The predicted octanol–water partition coefficient (Wildman–Crippen LogP) is -2.76. The van der Waals surface area contributed by atoms with E-state index in [1.807, 2.05) is 0 Å². The Morgan fingerprint density at radius 2 is 2.00 bits per heavy atom. The molecule has 18 heavy (non-hydrogen) atoms. The van der Waals surface area contributed by atoms with Gasteiger partial charge in [-0.05, 0) is 13.0 Å². The summed E-state index contributed by atoms with van der Waals surface area (Å²) in [6.45, 7) is -0.902.